The third kappa shape index (κ3) is 14.8. The number of aliphatic hydroxyl groups excluding tert-OH is 1. The summed E-state index contributed by atoms with van der Waals surface area (Å²) in [5, 5.41) is 29.1. The summed E-state index contributed by atoms with van der Waals surface area (Å²) in [6.07, 6.45) is 1.68. The second-order valence-corrected chi connectivity index (χ2v) is 24.1. The number of carbonyl (C=O) groups excluding carboxylic acids is 4. The number of hydrogen-bond donors (Lipinski definition) is 4. The second kappa shape index (κ2) is 27.5. The number of phenolic OH excluding ortho intramolecular Hbond substituents is 1. The summed E-state index contributed by atoms with van der Waals surface area (Å²) < 4.78 is 41.1. The number of amides is 4. The average molecular weight is 1190 g/mol. The minimum atomic E-state index is -0.996. The van der Waals surface area contributed by atoms with E-state index in [0.29, 0.717) is 68.1 Å². The van der Waals surface area contributed by atoms with Gasteiger partial charge < -0.3 is 54.5 Å². The molecule has 448 valence electrons. The Kier molecular flexibility index (Phi) is 20.2. The number of ether oxygens (including phenoxy) is 4. The molecule has 5 atom stereocenters. The van der Waals surface area contributed by atoms with E-state index in [2.05, 4.69) is 32.1 Å². The number of halogens is 2. The molecule has 22 heteroatoms. The van der Waals surface area contributed by atoms with E-state index in [-0.39, 0.29) is 90.7 Å². The Hall–Kier alpha value is -6.85. The number of fused-ring (bicyclic) bond motifs is 2. The predicted molar refractivity (Wildman–Crippen MR) is 322 cm³/mol. The Morgan fingerprint density at radius 2 is 1.63 bits per heavy atom. The second-order valence-electron chi connectivity index (χ2n) is 22.9. The summed E-state index contributed by atoms with van der Waals surface area (Å²) in [5.74, 6) is -1.79. The van der Waals surface area contributed by atoms with Crippen LogP contribution in [0.15, 0.2) is 84.9 Å². The molecule has 3 fully saturated rings. The number of nitrogens with one attached hydrogen (secondary N) is 2. The molecule has 3 aliphatic heterocycles. The van der Waals surface area contributed by atoms with Gasteiger partial charge in [0.15, 0.2) is 5.82 Å². The minimum absolute atomic E-state index is 0.000122. The van der Waals surface area contributed by atoms with Crippen LogP contribution in [0, 0.1) is 18.2 Å². The predicted octanol–water partition coefficient (Wildman–Crippen LogP) is 7.87. The first kappa shape index (κ1) is 61.7. The Balaban J connectivity index is 0.707. The Bertz CT molecular complexity index is 3330. The molecule has 19 nitrogen and oxygen atoms in total. The van der Waals surface area contributed by atoms with Crippen LogP contribution in [0.3, 0.4) is 0 Å². The lowest BCUT2D eigenvalue weighted by Gasteiger charge is -2.35. The molecule has 2 aromatic heterocycles. The lowest BCUT2D eigenvalue weighted by molar-refractivity contribution is -0.144. The summed E-state index contributed by atoms with van der Waals surface area (Å²) >= 11 is 8.50. The fourth-order valence-electron chi connectivity index (χ4n) is 11.2. The largest absolute Gasteiger partial charge is 0.508 e. The monoisotopic (exact) mass is 1190 g/mol. The number of anilines is 1. The number of hydrogen-bond acceptors (Lipinski definition) is 16. The molecule has 4 aromatic carbocycles. The van der Waals surface area contributed by atoms with Gasteiger partial charge in [-0.1, -0.05) is 87.5 Å². The summed E-state index contributed by atoms with van der Waals surface area (Å²) in [6.45, 7) is 19.3. The van der Waals surface area contributed by atoms with Gasteiger partial charge in [-0.05, 0) is 90.8 Å². The number of nitrogens with zero attached hydrogens (tertiary/aromatic N) is 7. The number of β-amino-alcohol motifs (C(OH)–C–C–N with tert-alkyl or cyclic N) is 1. The number of benzene rings is 4. The third-order valence-corrected chi connectivity index (χ3v) is 16.9. The molecule has 3 aliphatic rings. The van der Waals surface area contributed by atoms with Crippen molar-refractivity contribution in [1.82, 2.24) is 40.3 Å². The normalized spacial score (nSPS) is 18.2. The van der Waals surface area contributed by atoms with Crippen molar-refractivity contribution >= 4 is 74.1 Å². The number of phenols is 1. The molecule has 0 spiro atoms. The van der Waals surface area contributed by atoms with E-state index < -0.39 is 41.2 Å². The highest BCUT2D eigenvalue weighted by atomic mass is 35.5. The number of aromatic nitrogens is 3. The van der Waals surface area contributed by atoms with Crippen LogP contribution in [0.25, 0.3) is 43.2 Å². The Morgan fingerprint density at radius 3 is 2.33 bits per heavy atom. The molecule has 0 bridgehead atoms. The molecule has 6 aromatic rings. The number of piperidine rings is 1. The summed E-state index contributed by atoms with van der Waals surface area (Å²) in [5.41, 5.74) is 4.49. The zero-order valence-electron chi connectivity index (χ0n) is 48.4. The Morgan fingerprint density at radius 1 is 0.917 bits per heavy atom. The van der Waals surface area contributed by atoms with Crippen LogP contribution in [0.4, 0.5) is 10.2 Å². The zero-order chi connectivity index (χ0) is 59.8. The van der Waals surface area contributed by atoms with E-state index in [9.17, 15) is 29.4 Å². The van der Waals surface area contributed by atoms with Gasteiger partial charge in [0.05, 0.1) is 65.8 Å². The first-order chi connectivity index (χ1) is 40.3. The SMILES string of the molecule is C=CC(=O)N1CCN(c2nc(OC(C)CN3CCC(OCCOCCOCC(=O)NC(C(=O)N4C[C@H](O)C[C@H]4C(=O)NC(C)c4ccc(-c5scnc5C)cc4)C(C)(C)C)CC3)nc3c(F)c(-c4cc(O)cc5ccccc45)c(Cl)cc23)CC1. The van der Waals surface area contributed by atoms with Crippen LogP contribution in [-0.4, -0.2) is 179 Å². The minimum Gasteiger partial charge on any atom is -0.508 e. The quantitative estimate of drug-likeness (QED) is 0.0375. The maximum Gasteiger partial charge on any atom is 0.319 e. The lowest BCUT2D eigenvalue weighted by atomic mass is 9.85. The van der Waals surface area contributed by atoms with Crippen LogP contribution >= 0.6 is 22.9 Å². The van der Waals surface area contributed by atoms with Crippen molar-refractivity contribution in [2.24, 2.45) is 5.41 Å². The molecular formula is C62H75ClFN9O10S. The van der Waals surface area contributed by atoms with Gasteiger partial charge in [0.1, 0.15) is 41.9 Å². The van der Waals surface area contributed by atoms with Crippen LogP contribution in [0.2, 0.25) is 5.02 Å². The van der Waals surface area contributed by atoms with Crippen LogP contribution in [-0.2, 0) is 33.4 Å². The highest BCUT2D eigenvalue weighted by Crippen LogP contribution is 2.43. The van der Waals surface area contributed by atoms with Gasteiger partial charge in [-0.2, -0.15) is 9.97 Å². The number of likely N-dealkylation sites (tertiary alicyclic amines) is 2. The molecule has 4 amide bonds. The zero-order valence-corrected chi connectivity index (χ0v) is 50.0. The molecule has 5 heterocycles. The smallest absolute Gasteiger partial charge is 0.319 e. The Labute approximate surface area is 498 Å². The maximum atomic E-state index is 17.1. The maximum absolute atomic E-state index is 17.1. The van der Waals surface area contributed by atoms with E-state index in [1.807, 2.05) is 100 Å². The average Bonchev–Trinajstić information content (AvgIpc) is 2.32. The van der Waals surface area contributed by atoms with Crippen LogP contribution < -0.4 is 20.3 Å². The first-order valence-electron chi connectivity index (χ1n) is 28.6. The summed E-state index contributed by atoms with van der Waals surface area (Å²) in [7, 11) is 0. The van der Waals surface area contributed by atoms with E-state index in [0.717, 1.165) is 53.0 Å². The first-order valence-corrected chi connectivity index (χ1v) is 29.8. The molecule has 0 saturated carbocycles. The van der Waals surface area contributed by atoms with E-state index >= 15 is 4.39 Å². The fourth-order valence-corrected chi connectivity index (χ4v) is 12.3. The lowest BCUT2D eigenvalue weighted by Crippen LogP contribution is -2.58. The third-order valence-electron chi connectivity index (χ3n) is 15.6. The number of piperazine rings is 1. The van der Waals surface area contributed by atoms with E-state index in [1.165, 1.54) is 17.0 Å². The van der Waals surface area contributed by atoms with Gasteiger partial charge in [-0.25, -0.2) is 9.37 Å². The van der Waals surface area contributed by atoms with E-state index in [4.69, 9.17) is 35.5 Å². The van der Waals surface area contributed by atoms with Crippen molar-refractivity contribution in [3.63, 3.8) is 0 Å². The molecular weight excluding hydrogens is 1120 g/mol. The van der Waals surface area contributed by atoms with Gasteiger partial charge in [0, 0.05) is 69.7 Å². The molecule has 3 saturated heterocycles. The van der Waals surface area contributed by atoms with Gasteiger partial charge in [0.25, 0.3) is 0 Å². The van der Waals surface area contributed by atoms with Crippen molar-refractivity contribution in [2.45, 2.75) is 97.2 Å². The van der Waals surface area contributed by atoms with Gasteiger partial charge >= 0.3 is 6.01 Å². The number of thiazole rings is 1. The van der Waals surface area contributed by atoms with Gasteiger partial charge in [-0.3, -0.25) is 24.1 Å². The molecule has 0 aliphatic carbocycles. The number of aryl methyl sites for hydroxylation is 1. The van der Waals surface area contributed by atoms with Crippen molar-refractivity contribution in [3.05, 3.63) is 107 Å². The number of carbonyl (C=O) groups is 4. The van der Waals surface area contributed by atoms with Crippen molar-refractivity contribution in [1.29, 1.82) is 0 Å². The van der Waals surface area contributed by atoms with Crippen LogP contribution in [0.1, 0.15) is 71.2 Å². The van der Waals surface area contributed by atoms with Crippen molar-refractivity contribution < 1.29 is 52.7 Å². The molecule has 9 rings (SSSR count). The fraction of sp³-hybridized carbons (Fsp3) is 0.468. The number of aliphatic hydroxyl groups is 1. The standard InChI is InChI=1S/C62H75ClFN9O10S/c1-8-52(77)71-21-23-72(24-22-71)58-48-32-49(63)53(47-30-43(74)29-42-11-9-10-12-46(42)47)54(64)55(48)68-61(69-58)83-37(2)33-70-19-17-45(18-20-70)82-28-27-80-25-26-81-35-51(76)67-57(62(5,6)7)60(79)73-34-44(75)31-50(73)59(78)66-38(3)40-13-15-41(16-14-40)56-39(4)65-36-84-56/h8-16,29-30,32,36-38,44-45,50,57,74-75H,1,17-28,31,33-35H2,2-7H3,(H,66,78)(H,67,76)/t37?,38?,44-,50+,57?/m1/s1. The molecule has 0 radical (unpaired) electrons. The number of rotatable bonds is 22. The van der Waals surface area contributed by atoms with E-state index in [1.54, 1.807) is 28.4 Å². The van der Waals surface area contributed by atoms with Gasteiger partial charge in [-0.15, -0.1) is 11.3 Å². The molecule has 3 unspecified atom stereocenters. The highest BCUT2D eigenvalue weighted by Gasteiger charge is 2.45. The van der Waals surface area contributed by atoms with Crippen molar-refractivity contribution in [3.8, 4) is 33.3 Å². The molecule has 84 heavy (non-hydrogen) atoms. The summed E-state index contributed by atoms with van der Waals surface area (Å²) in [6, 6.07) is 17.8. The van der Waals surface area contributed by atoms with Crippen LogP contribution in [0.5, 0.6) is 11.8 Å². The topological polar surface area (TPSA) is 221 Å². The number of aromatic hydroxyl groups is 1. The summed E-state index contributed by atoms with van der Waals surface area (Å²) in [4.78, 5) is 75.7. The van der Waals surface area contributed by atoms with Gasteiger partial charge in [0.2, 0.25) is 23.6 Å². The highest BCUT2D eigenvalue weighted by molar-refractivity contribution is 7.13. The molecule has 4 N–H and O–H groups in total. The van der Waals surface area contributed by atoms with Crippen molar-refractivity contribution in [2.75, 3.05) is 90.3 Å².